The number of nitrogens with two attached hydrogens (primary N) is 1. The quantitative estimate of drug-likeness (QED) is 0.828. The maximum Gasteiger partial charge on any atom is 0.223 e. The van der Waals surface area contributed by atoms with Crippen molar-refractivity contribution in [2.24, 2.45) is 11.7 Å². The van der Waals surface area contributed by atoms with Gasteiger partial charge in [-0.15, -0.1) is 0 Å². The van der Waals surface area contributed by atoms with Crippen molar-refractivity contribution in [3.8, 4) is 0 Å². The zero-order valence-corrected chi connectivity index (χ0v) is 12.4. The summed E-state index contributed by atoms with van der Waals surface area (Å²) in [5.74, 6) is 0.580. The van der Waals surface area contributed by atoms with E-state index in [9.17, 15) is 4.79 Å². The molecule has 0 saturated heterocycles. The number of carbonyl (C=O) groups is 1. The topological polar surface area (TPSA) is 55.1 Å². The highest BCUT2D eigenvalue weighted by atomic mass is 16.1. The molecule has 0 fully saturated rings. The minimum atomic E-state index is -0.0256. The first-order chi connectivity index (χ1) is 8.95. The van der Waals surface area contributed by atoms with Gasteiger partial charge >= 0.3 is 0 Å². The van der Waals surface area contributed by atoms with Crippen LogP contribution >= 0.6 is 0 Å². The van der Waals surface area contributed by atoms with Crippen LogP contribution < -0.4 is 11.1 Å². The molecule has 0 spiro atoms. The molecule has 0 aliphatic heterocycles. The maximum atomic E-state index is 11.9. The van der Waals surface area contributed by atoms with Crippen LogP contribution in [0.4, 0.5) is 0 Å². The molecule has 1 rings (SSSR count). The fourth-order valence-corrected chi connectivity index (χ4v) is 1.99. The van der Waals surface area contributed by atoms with Gasteiger partial charge in [0.1, 0.15) is 0 Å². The summed E-state index contributed by atoms with van der Waals surface area (Å²) in [5.41, 5.74) is 7.93. The highest BCUT2D eigenvalue weighted by molar-refractivity contribution is 5.78. The molecule has 0 saturated carbocycles. The Hall–Kier alpha value is -1.35. The molecule has 106 valence electrons. The van der Waals surface area contributed by atoms with Gasteiger partial charge in [-0.25, -0.2) is 0 Å². The van der Waals surface area contributed by atoms with Gasteiger partial charge in [-0.05, 0) is 36.9 Å². The van der Waals surface area contributed by atoms with Crippen LogP contribution in [0.25, 0.3) is 0 Å². The van der Waals surface area contributed by atoms with Crippen LogP contribution in [0.2, 0.25) is 0 Å². The molecule has 3 nitrogen and oxygen atoms in total. The number of amides is 1. The summed E-state index contributed by atoms with van der Waals surface area (Å²) in [7, 11) is 0. The van der Waals surface area contributed by atoms with Crippen molar-refractivity contribution in [1.82, 2.24) is 5.32 Å². The van der Waals surface area contributed by atoms with E-state index in [1.807, 2.05) is 13.8 Å². The normalized spacial score (nSPS) is 14.2. The summed E-state index contributed by atoms with van der Waals surface area (Å²) in [6.07, 6.45) is 0.727. The lowest BCUT2D eigenvalue weighted by Crippen LogP contribution is -2.32. The van der Waals surface area contributed by atoms with Crippen LogP contribution in [-0.2, 0) is 4.79 Å². The Kier molecular flexibility index (Phi) is 6.03. The molecule has 0 aromatic heterocycles. The molecular formula is C16H26N2O. The first-order valence-electron chi connectivity index (χ1n) is 7.06. The predicted octanol–water partition coefficient (Wildman–Crippen LogP) is 2.97. The Balaban J connectivity index is 2.62. The largest absolute Gasteiger partial charge is 0.349 e. The third kappa shape index (κ3) is 4.67. The first-order valence-corrected chi connectivity index (χ1v) is 7.06. The standard InChI is InChI=1S/C16H26N2O/c1-11(2)14-5-7-15(8-6-14)13(4)18-16(19)12(3)9-10-17/h5-8,11-13H,9-10,17H2,1-4H3,(H,18,19). The average molecular weight is 262 g/mol. The van der Waals surface area contributed by atoms with Gasteiger partial charge in [0.05, 0.1) is 6.04 Å². The SMILES string of the molecule is CC(CCN)C(=O)NC(C)c1ccc(C(C)C)cc1. The Morgan fingerprint density at radius 1 is 1.11 bits per heavy atom. The van der Waals surface area contributed by atoms with Gasteiger partial charge in [0.15, 0.2) is 0 Å². The van der Waals surface area contributed by atoms with E-state index in [2.05, 4.69) is 43.4 Å². The number of hydrogen-bond donors (Lipinski definition) is 2. The molecular weight excluding hydrogens is 236 g/mol. The first kappa shape index (κ1) is 15.7. The smallest absolute Gasteiger partial charge is 0.223 e. The summed E-state index contributed by atoms with van der Waals surface area (Å²) in [6, 6.07) is 8.48. The Labute approximate surface area is 116 Å². The predicted molar refractivity (Wildman–Crippen MR) is 79.9 cm³/mol. The van der Waals surface area contributed by atoms with Crippen molar-refractivity contribution in [2.45, 2.75) is 46.1 Å². The van der Waals surface area contributed by atoms with Crippen LogP contribution in [0.3, 0.4) is 0 Å². The van der Waals surface area contributed by atoms with E-state index in [4.69, 9.17) is 5.73 Å². The van der Waals surface area contributed by atoms with E-state index in [0.717, 1.165) is 12.0 Å². The van der Waals surface area contributed by atoms with E-state index in [-0.39, 0.29) is 17.9 Å². The summed E-state index contributed by atoms with van der Waals surface area (Å²) >= 11 is 0. The average Bonchev–Trinajstić information content (AvgIpc) is 2.38. The lowest BCUT2D eigenvalue weighted by Gasteiger charge is -2.18. The van der Waals surface area contributed by atoms with E-state index < -0.39 is 0 Å². The van der Waals surface area contributed by atoms with E-state index in [0.29, 0.717) is 12.5 Å². The number of benzene rings is 1. The van der Waals surface area contributed by atoms with E-state index in [1.165, 1.54) is 5.56 Å². The van der Waals surface area contributed by atoms with Crippen LogP contribution in [-0.4, -0.2) is 12.5 Å². The van der Waals surface area contributed by atoms with Gasteiger partial charge in [0.2, 0.25) is 5.91 Å². The maximum absolute atomic E-state index is 11.9. The Morgan fingerprint density at radius 3 is 2.11 bits per heavy atom. The van der Waals surface area contributed by atoms with Crippen molar-refractivity contribution in [3.63, 3.8) is 0 Å². The number of rotatable bonds is 6. The van der Waals surface area contributed by atoms with Crippen LogP contribution in [0.1, 0.15) is 57.2 Å². The summed E-state index contributed by atoms with van der Waals surface area (Å²) in [4.78, 5) is 11.9. The number of hydrogen-bond acceptors (Lipinski definition) is 2. The minimum Gasteiger partial charge on any atom is -0.349 e. The fourth-order valence-electron chi connectivity index (χ4n) is 1.99. The lowest BCUT2D eigenvalue weighted by molar-refractivity contribution is -0.125. The van der Waals surface area contributed by atoms with Crippen molar-refractivity contribution < 1.29 is 4.79 Å². The summed E-state index contributed by atoms with van der Waals surface area (Å²) in [6.45, 7) is 8.82. The van der Waals surface area contributed by atoms with Crippen molar-refractivity contribution >= 4 is 5.91 Å². The molecule has 3 N–H and O–H groups in total. The van der Waals surface area contributed by atoms with Crippen LogP contribution in [0.15, 0.2) is 24.3 Å². The minimum absolute atomic E-state index is 0.0256. The second-order valence-corrected chi connectivity index (χ2v) is 5.53. The molecule has 19 heavy (non-hydrogen) atoms. The molecule has 3 heteroatoms. The molecule has 2 unspecified atom stereocenters. The molecule has 1 amide bonds. The van der Waals surface area contributed by atoms with Crippen LogP contribution in [0, 0.1) is 5.92 Å². The molecule has 0 aliphatic rings. The van der Waals surface area contributed by atoms with Crippen molar-refractivity contribution in [1.29, 1.82) is 0 Å². The second-order valence-electron chi connectivity index (χ2n) is 5.53. The van der Waals surface area contributed by atoms with Crippen molar-refractivity contribution in [2.75, 3.05) is 6.54 Å². The molecule has 2 atom stereocenters. The van der Waals surface area contributed by atoms with Gasteiger partial charge in [-0.1, -0.05) is 45.0 Å². The highest BCUT2D eigenvalue weighted by Crippen LogP contribution is 2.19. The van der Waals surface area contributed by atoms with Gasteiger partial charge in [-0.2, -0.15) is 0 Å². The molecule has 1 aromatic carbocycles. The molecule has 0 heterocycles. The lowest BCUT2D eigenvalue weighted by atomic mass is 9.99. The zero-order valence-electron chi connectivity index (χ0n) is 12.4. The molecule has 1 aromatic rings. The zero-order chi connectivity index (χ0) is 14.4. The summed E-state index contributed by atoms with van der Waals surface area (Å²) in [5, 5.41) is 3.03. The van der Waals surface area contributed by atoms with Crippen molar-refractivity contribution in [3.05, 3.63) is 35.4 Å². The number of nitrogens with one attached hydrogen (secondary N) is 1. The Bertz CT molecular complexity index is 398. The van der Waals surface area contributed by atoms with Gasteiger partial charge in [0.25, 0.3) is 0 Å². The molecule has 0 radical (unpaired) electrons. The second kappa shape index (κ2) is 7.29. The summed E-state index contributed by atoms with van der Waals surface area (Å²) < 4.78 is 0. The van der Waals surface area contributed by atoms with E-state index >= 15 is 0 Å². The third-order valence-electron chi connectivity index (χ3n) is 3.51. The van der Waals surface area contributed by atoms with Gasteiger partial charge in [0, 0.05) is 5.92 Å². The van der Waals surface area contributed by atoms with E-state index in [1.54, 1.807) is 0 Å². The highest BCUT2D eigenvalue weighted by Gasteiger charge is 2.15. The monoisotopic (exact) mass is 262 g/mol. The van der Waals surface area contributed by atoms with Gasteiger partial charge < -0.3 is 11.1 Å². The molecule has 0 bridgehead atoms. The molecule has 0 aliphatic carbocycles. The Morgan fingerprint density at radius 2 is 1.63 bits per heavy atom. The third-order valence-corrected chi connectivity index (χ3v) is 3.51. The fraction of sp³-hybridized carbons (Fsp3) is 0.562. The number of carbonyl (C=O) groups excluding carboxylic acids is 1. The van der Waals surface area contributed by atoms with Crippen LogP contribution in [0.5, 0.6) is 0 Å². The van der Waals surface area contributed by atoms with Gasteiger partial charge in [-0.3, -0.25) is 4.79 Å².